The highest BCUT2D eigenvalue weighted by molar-refractivity contribution is 6.36. The van der Waals surface area contributed by atoms with Gasteiger partial charge in [-0.1, -0.05) is 23.2 Å². The van der Waals surface area contributed by atoms with Crippen molar-refractivity contribution in [2.45, 2.75) is 6.92 Å². The number of hydrogen-bond donors (Lipinski definition) is 2. The summed E-state index contributed by atoms with van der Waals surface area (Å²) in [5.74, 6) is -0.237. The van der Waals surface area contributed by atoms with Crippen molar-refractivity contribution in [2.75, 3.05) is 17.2 Å². The third-order valence-electron chi connectivity index (χ3n) is 2.95. The summed E-state index contributed by atoms with van der Waals surface area (Å²) >= 11 is 11.8. The Morgan fingerprint density at radius 2 is 1.73 bits per heavy atom. The van der Waals surface area contributed by atoms with Crippen molar-refractivity contribution in [3.05, 3.63) is 58.1 Å². The van der Waals surface area contributed by atoms with Crippen LogP contribution < -0.4 is 10.6 Å². The van der Waals surface area contributed by atoms with Crippen LogP contribution in [-0.2, 0) is 4.79 Å². The van der Waals surface area contributed by atoms with Gasteiger partial charge < -0.3 is 10.6 Å². The second kappa shape index (κ2) is 7.29. The van der Waals surface area contributed by atoms with Gasteiger partial charge in [-0.25, -0.2) is 0 Å². The summed E-state index contributed by atoms with van der Waals surface area (Å²) in [4.78, 5) is 23.0. The molecule has 0 bridgehead atoms. The number of hydrogen-bond acceptors (Lipinski definition) is 3. The molecule has 0 heterocycles. The van der Waals surface area contributed by atoms with Crippen LogP contribution >= 0.6 is 23.2 Å². The Bertz CT molecular complexity index is 700. The molecule has 0 fully saturated rings. The standard InChI is InChI=1S/C16H14Cl2N2O2/c1-10(21)11-2-5-13(6-3-11)20-16(22)9-19-15-7-4-12(17)8-14(15)18/h2-8,19H,9H2,1H3,(H,20,22). The van der Waals surface area contributed by atoms with Gasteiger partial charge in [-0.05, 0) is 49.4 Å². The van der Waals surface area contributed by atoms with Crippen molar-refractivity contribution in [1.82, 2.24) is 0 Å². The number of anilines is 2. The van der Waals surface area contributed by atoms with Crippen LogP contribution in [0.1, 0.15) is 17.3 Å². The first kappa shape index (κ1) is 16.3. The number of carbonyl (C=O) groups is 2. The zero-order valence-corrected chi connectivity index (χ0v) is 13.3. The van der Waals surface area contributed by atoms with Gasteiger partial charge in [0, 0.05) is 16.3 Å². The smallest absolute Gasteiger partial charge is 0.243 e. The van der Waals surface area contributed by atoms with E-state index in [-0.39, 0.29) is 18.2 Å². The molecule has 2 N–H and O–H groups in total. The van der Waals surface area contributed by atoms with Crippen LogP contribution in [0, 0.1) is 0 Å². The molecule has 0 aromatic heterocycles. The first-order valence-corrected chi connectivity index (χ1v) is 7.31. The molecule has 0 aliphatic rings. The van der Waals surface area contributed by atoms with E-state index in [1.54, 1.807) is 42.5 Å². The summed E-state index contributed by atoms with van der Waals surface area (Å²) in [6, 6.07) is 11.7. The van der Waals surface area contributed by atoms with Crippen molar-refractivity contribution in [2.24, 2.45) is 0 Å². The molecular formula is C16H14Cl2N2O2. The molecule has 0 radical (unpaired) electrons. The molecule has 2 aromatic rings. The van der Waals surface area contributed by atoms with Crippen LogP contribution in [0.3, 0.4) is 0 Å². The lowest BCUT2D eigenvalue weighted by Gasteiger charge is -2.09. The van der Waals surface area contributed by atoms with E-state index in [1.807, 2.05) is 0 Å². The lowest BCUT2D eigenvalue weighted by atomic mass is 10.1. The molecule has 0 aliphatic carbocycles. The zero-order valence-electron chi connectivity index (χ0n) is 11.8. The Morgan fingerprint density at radius 3 is 2.32 bits per heavy atom. The number of halogens is 2. The number of Topliss-reactive ketones (excluding diaryl/α,β-unsaturated/α-hetero) is 1. The maximum absolute atomic E-state index is 11.9. The highest BCUT2D eigenvalue weighted by Gasteiger charge is 2.06. The Morgan fingerprint density at radius 1 is 1.05 bits per heavy atom. The normalized spacial score (nSPS) is 10.1. The Kier molecular flexibility index (Phi) is 5.41. The van der Waals surface area contributed by atoms with E-state index < -0.39 is 0 Å². The number of benzene rings is 2. The highest BCUT2D eigenvalue weighted by atomic mass is 35.5. The Hall–Kier alpha value is -2.04. The predicted molar refractivity (Wildman–Crippen MR) is 90.0 cm³/mol. The lowest BCUT2D eigenvalue weighted by molar-refractivity contribution is -0.114. The Labute approximate surface area is 138 Å². The molecule has 22 heavy (non-hydrogen) atoms. The second-order valence-corrected chi connectivity index (χ2v) is 5.50. The number of carbonyl (C=O) groups excluding carboxylic acids is 2. The number of amides is 1. The monoisotopic (exact) mass is 336 g/mol. The highest BCUT2D eigenvalue weighted by Crippen LogP contribution is 2.25. The van der Waals surface area contributed by atoms with Gasteiger partial charge in [0.15, 0.2) is 5.78 Å². The van der Waals surface area contributed by atoms with Gasteiger partial charge in [0.2, 0.25) is 5.91 Å². The van der Waals surface area contributed by atoms with E-state index in [0.29, 0.717) is 27.0 Å². The minimum absolute atomic E-state index is 0.0167. The van der Waals surface area contributed by atoms with Gasteiger partial charge in [-0.15, -0.1) is 0 Å². The summed E-state index contributed by atoms with van der Waals surface area (Å²) in [6.45, 7) is 1.56. The van der Waals surface area contributed by atoms with Crippen molar-refractivity contribution in [3.63, 3.8) is 0 Å². The third-order valence-corrected chi connectivity index (χ3v) is 3.49. The van der Waals surface area contributed by atoms with Crippen LogP contribution in [-0.4, -0.2) is 18.2 Å². The van der Waals surface area contributed by atoms with Crippen LogP contribution in [0.2, 0.25) is 10.0 Å². The van der Waals surface area contributed by atoms with Crippen molar-refractivity contribution >= 4 is 46.3 Å². The Balaban J connectivity index is 1.91. The number of ketones is 1. The molecule has 6 heteroatoms. The van der Waals surface area contributed by atoms with Gasteiger partial charge in [-0.3, -0.25) is 9.59 Å². The first-order valence-electron chi connectivity index (χ1n) is 6.55. The van der Waals surface area contributed by atoms with E-state index in [4.69, 9.17) is 23.2 Å². The van der Waals surface area contributed by atoms with E-state index in [0.717, 1.165) is 0 Å². The first-order chi connectivity index (χ1) is 10.5. The van der Waals surface area contributed by atoms with Crippen LogP contribution in [0.4, 0.5) is 11.4 Å². The molecule has 114 valence electrons. The van der Waals surface area contributed by atoms with Gasteiger partial charge in [0.25, 0.3) is 0 Å². The molecule has 0 unspecified atom stereocenters. The van der Waals surface area contributed by atoms with Crippen LogP contribution in [0.15, 0.2) is 42.5 Å². The van der Waals surface area contributed by atoms with Crippen LogP contribution in [0.5, 0.6) is 0 Å². The molecule has 2 aromatic carbocycles. The molecular weight excluding hydrogens is 323 g/mol. The average molecular weight is 337 g/mol. The lowest BCUT2D eigenvalue weighted by Crippen LogP contribution is -2.21. The topological polar surface area (TPSA) is 58.2 Å². The fourth-order valence-corrected chi connectivity index (χ4v) is 2.28. The summed E-state index contributed by atoms with van der Waals surface area (Å²) < 4.78 is 0. The van der Waals surface area contributed by atoms with Gasteiger partial charge in [0.1, 0.15) is 0 Å². The summed E-state index contributed by atoms with van der Waals surface area (Å²) in [5.41, 5.74) is 1.86. The maximum atomic E-state index is 11.9. The van der Waals surface area contributed by atoms with Gasteiger partial charge in [-0.2, -0.15) is 0 Å². The van der Waals surface area contributed by atoms with Crippen molar-refractivity contribution in [3.8, 4) is 0 Å². The van der Waals surface area contributed by atoms with Crippen molar-refractivity contribution in [1.29, 1.82) is 0 Å². The molecule has 1 amide bonds. The maximum Gasteiger partial charge on any atom is 0.243 e. The molecule has 4 nitrogen and oxygen atoms in total. The fraction of sp³-hybridized carbons (Fsp3) is 0.125. The largest absolute Gasteiger partial charge is 0.375 e. The minimum Gasteiger partial charge on any atom is -0.375 e. The summed E-state index contributed by atoms with van der Waals surface area (Å²) in [6.07, 6.45) is 0. The molecule has 2 rings (SSSR count). The molecule has 0 aliphatic heterocycles. The molecule has 0 saturated heterocycles. The zero-order chi connectivity index (χ0) is 16.1. The van der Waals surface area contributed by atoms with Gasteiger partial charge in [0.05, 0.1) is 17.3 Å². The summed E-state index contributed by atoms with van der Waals surface area (Å²) in [5, 5.41) is 6.64. The second-order valence-electron chi connectivity index (χ2n) is 4.66. The number of rotatable bonds is 5. The number of nitrogens with one attached hydrogen (secondary N) is 2. The average Bonchev–Trinajstić information content (AvgIpc) is 2.47. The fourth-order valence-electron chi connectivity index (χ4n) is 1.80. The van der Waals surface area contributed by atoms with E-state index in [1.165, 1.54) is 6.92 Å². The third kappa shape index (κ3) is 4.48. The van der Waals surface area contributed by atoms with E-state index in [9.17, 15) is 9.59 Å². The van der Waals surface area contributed by atoms with Gasteiger partial charge >= 0.3 is 0 Å². The quantitative estimate of drug-likeness (QED) is 0.802. The minimum atomic E-state index is -0.221. The molecule has 0 saturated carbocycles. The van der Waals surface area contributed by atoms with Crippen molar-refractivity contribution < 1.29 is 9.59 Å². The molecule has 0 atom stereocenters. The van der Waals surface area contributed by atoms with E-state index >= 15 is 0 Å². The predicted octanol–water partition coefficient (Wildman–Crippen LogP) is 4.25. The van der Waals surface area contributed by atoms with Crippen LogP contribution in [0.25, 0.3) is 0 Å². The SMILES string of the molecule is CC(=O)c1ccc(NC(=O)CNc2ccc(Cl)cc2Cl)cc1. The molecule has 0 spiro atoms. The van der Waals surface area contributed by atoms with E-state index in [2.05, 4.69) is 10.6 Å². The summed E-state index contributed by atoms with van der Waals surface area (Å²) in [7, 11) is 0.